The molecule has 0 radical (unpaired) electrons. The predicted octanol–water partition coefficient (Wildman–Crippen LogP) is 2.86. The average molecular weight is 253 g/mol. The summed E-state index contributed by atoms with van der Waals surface area (Å²) in [4.78, 5) is 14.9. The maximum absolute atomic E-state index is 10.5. The van der Waals surface area contributed by atoms with Crippen molar-refractivity contribution in [3.05, 3.63) is 29.0 Å². The fourth-order valence-corrected chi connectivity index (χ4v) is 2.06. The summed E-state index contributed by atoms with van der Waals surface area (Å²) >= 11 is 5.90. The second-order valence-electron chi connectivity index (χ2n) is 3.94. The Balaban J connectivity index is 2.27. The minimum atomic E-state index is -0.768. The second-order valence-corrected chi connectivity index (χ2v) is 4.38. The first-order valence-corrected chi connectivity index (χ1v) is 5.80. The predicted molar refractivity (Wildman–Crippen MR) is 66.3 cm³/mol. The Morgan fingerprint density at radius 2 is 2.29 bits per heavy atom. The van der Waals surface area contributed by atoms with Crippen molar-refractivity contribution in [1.82, 2.24) is 9.55 Å². The molecule has 1 aromatic carbocycles. The number of benzene rings is 1. The maximum Gasteiger partial charge on any atom is 0.303 e. The van der Waals surface area contributed by atoms with Crippen molar-refractivity contribution in [1.29, 1.82) is 0 Å². The summed E-state index contributed by atoms with van der Waals surface area (Å²) in [5.41, 5.74) is 1.85. The first-order valence-electron chi connectivity index (χ1n) is 5.42. The minimum Gasteiger partial charge on any atom is -0.481 e. The zero-order valence-corrected chi connectivity index (χ0v) is 10.2. The topological polar surface area (TPSA) is 55.1 Å². The monoisotopic (exact) mass is 252 g/mol. The number of carbonyl (C=O) groups is 1. The molecule has 0 amide bonds. The van der Waals surface area contributed by atoms with Crippen LogP contribution in [0.25, 0.3) is 11.0 Å². The van der Waals surface area contributed by atoms with Crippen LogP contribution in [0.15, 0.2) is 18.2 Å². The molecule has 0 aliphatic rings. The van der Waals surface area contributed by atoms with Crippen molar-refractivity contribution in [2.45, 2.75) is 26.3 Å². The van der Waals surface area contributed by atoms with E-state index in [-0.39, 0.29) is 6.42 Å². The lowest BCUT2D eigenvalue weighted by Crippen LogP contribution is -2.03. The van der Waals surface area contributed by atoms with Crippen LogP contribution in [0.4, 0.5) is 0 Å². The number of fused-ring (bicyclic) bond motifs is 1. The largest absolute Gasteiger partial charge is 0.481 e. The molecule has 4 nitrogen and oxygen atoms in total. The lowest BCUT2D eigenvalue weighted by atomic mass is 10.3. The molecule has 0 bridgehead atoms. The van der Waals surface area contributed by atoms with Gasteiger partial charge in [0.05, 0.1) is 11.0 Å². The molecule has 0 unspecified atom stereocenters. The van der Waals surface area contributed by atoms with Crippen molar-refractivity contribution < 1.29 is 9.90 Å². The molecule has 1 aromatic heterocycles. The number of rotatable bonds is 4. The first kappa shape index (κ1) is 11.9. The van der Waals surface area contributed by atoms with Gasteiger partial charge in [0.1, 0.15) is 5.82 Å². The summed E-state index contributed by atoms with van der Waals surface area (Å²) in [6.45, 7) is 2.57. The normalized spacial score (nSPS) is 10.9. The summed E-state index contributed by atoms with van der Waals surface area (Å²) in [5, 5.41) is 9.28. The molecule has 0 atom stereocenters. The number of hydrogen-bond acceptors (Lipinski definition) is 2. The lowest BCUT2D eigenvalue weighted by Gasteiger charge is -2.05. The molecular formula is C12H13ClN2O2. The Labute approximate surface area is 104 Å². The van der Waals surface area contributed by atoms with E-state index in [1.807, 2.05) is 29.7 Å². The van der Waals surface area contributed by atoms with Crippen LogP contribution >= 0.6 is 11.6 Å². The van der Waals surface area contributed by atoms with Gasteiger partial charge in [-0.3, -0.25) is 4.79 Å². The van der Waals surface area contributed by atoms with Crippen LogP contribution in [0.2, 0.25) is 5.02 Å². The van der Waals surface area contributed by atoms with Gasteiger partial charge in [0.25, 0.3) is 0 Å². The molecule has 17 heavy (non-hydrogen) atoms. The van der Waals surface area contributed by atoms with Gasteiger partial charge in [-0.05, 0) is 31.5 Å². The molecule has 90 valence electrons. The highest BCUT2D eigenvalue weighted by Gasteiger charge is 2.08. The molecule has 0 saturated carbocycles. The van der Waals surface area contributed by atoms with E-state index in [9.17, 15) is 4.79 Å². The molecule has 0 spiro atoms. The molecule has 0 fully saturated rings. The number of hydrogen-bond donors (Lipinski definition) is 1. The number of aliphatic carboxylic acids is 1. The Morgan fingerprint density at radius 1 is 1.53 bits per heavy atom. The van der Waals surface area contributed by atoms with Gasteiger partial charge in [0, 0.05) is 18.0 Å². The Morgan fingerprint density at radius 3 is 3.00 bits per heavy atom. The van der Waals surface area contributed by atoms with Crippen LogP contribution in [0.3, 0.4) is 0 Å². The van der Waals surface area contributed by atoms with Crippen molar-refractivity contribution in [2.75, 3.05) is 0 Å². The van der Waals surface area contributed by atoms with Gasteiger partial charge in [0.15, 0.2) is 0 Å². The molecule has 1 heterocycles. The maximum atomic E-state index is 10.5. The number of halogens is 1. The molecule has 0 saturated heterocycles. The van der Waals surface area contributed by atoms with Crippen molar-refractivity contribution >= 4 is 28.6 Å². The van der Waals surface area contributed by atoms with Crippen molar-refractivity contribution in [3.8, 4) is 0 Å². The summed E-state index contributed by atoms with van der Waals surface area (Å²) in [6, 6.07) is 5.55. The van der Waals surface area contributed by atoms with Gasteiger partial charge in [-0.2, -0.15) is 0 Å². The van der Waals surface area contributed by atoms with E-state index in [0.29, 0.717) is 18.0 Å². The van der Waals surface area contributed by atoms with Crippen LogP contribution in [0, 0.1) is 6.92 Å². The fourth-order valence-electron chi connectivity index (χ4n) is 1.89. The summed E-state index contributed by atoms with van der Waals surface area (Å²) in [6.07, 6.45) is 0.775. The van der Waals surface area contributed by atoms with Gasteiger partial charge in [-0.15, -0.1) is 0 Å². The van der Waals surface area contributed by atoms with Gasteiger partial charge >= 0.3 is 5.97 Å². The average Bonchev–Trinajstić information content (AvgIpc) is 2.54. The number of carboxylic acids is 1. The molecule has 5 heteroatoms. The van der Waals surface area contributed by atoms with Crippen LogP contribution in [0.1, 0.15) is 18.7 Å². The van der Waals surface area contributed by atoms with Crippen LogP contribution in [0.5, 0.6) is 0 Å². The van der Waals surface area contributed by atoms with Crippen LogP contribution < -0.4 is 0 Å². The minimum absolute atomic E-state index is 0.173. The Kier molecular flexibility index (Phi) is 3.33. The molecule has 0 aliphatic heterocycles. The summed E-state index contributed by atoms with van der Waals surface area (Å²) < 4.78 is 2.02. The highest BCUT2D eigenvalue weighted by molar-refractivity contribution is 6.31. The highest BCUT2D eigenvalue weighted by atomic mass is 35.5. The van der Waals surface area contributed by atoms with E-state index in [0.717, 1.165) is 16.9 Å². The Hall–Kier alpha value is -1.55. The van der Waals surface area contributed by atoms with E-state index in [2.05, 4.69) is 4.98 Å². The van der Waals surface area contributed by atoms with Gasteiger partial charge in [0.2, 0.25) is 0 Å². The standard InChI is InChI=1S/C12H13ClN2O2/c1-8-14-10-7-9(13)4-5-11(10)15(8)6-2-3-12(16)17/h4-5,7H,2-3,6H2,1H3,(H,16,17). The third-order valence-corrected chi connectivity index (χ3v) is 2.91. The second kappa shape index (κ2) is 4.75. The van der Waals surface area contributed by atoms with E-state index < -0.39 is 5.97 Å². The molecular weight excluding hydrogens is 240 g/mol. The zero-order chi connectivity index (χ0) is 12.4. The van der Waals surface area contributed by atoms with E-state index in [1.54, 1.807) is 0 Å². The zero-order valence-electron chi connectivity index (χ0n) is 9.48. The van der Waals surface area contributed by atoms with Gasteiger partial charge < -0.3 is 9.67 Å². The Bertz CT molecular complexity index is 563. The first-order chi connectivity index (χ1) is 8.08. The SMILES string of the molecule is Cc1nc2cc(Cl)ccc2n1CCCC(=O)O. The fraction of sp³-hybridized carbons (Fsp3) is 0.333. The van der Waals surface area contributed by atoms with Gasteiger partial charge in [-0.25, -0.2) is 4.98 Å². The summed E-state index contributed by atoms with van der Waals surface area (Å²) in [5.74, 6) is 0.114. The highest BCUT2D eigenvalue weighted by Crippen LogP contribution is 2.20. The van der Waals surface area contributed by atoms with E-state index >= 15 is 0 Å². The van der Waals surface area contributed by atoms with E-state index in [4.69, 9.17) is 16.7 Å². The molecule has 2 aromatic rings. The molecule has 2 rings (SSSR count). The molecule has 1 N–H and O–H groups in total. The number of aryl methyl sites for hydroxylation is 2. The van der Waals surface area contributed by atoms with Gasteiger partial charge in [-0.1, -0.05) is 11.6 Å². The lowest BCUT2D eigenvalue weighted by molar-refractivity contribution is -0.137. The summed E-state index contributed by atoms with van der Waals surface area (Å²) in [7, 11) is 0. The van der Waals surface area contributed by atoms with Crippen LogP contribution in [-0.2, 0) is 11.3 Å². The molecule has 0 aliphatic carbocycles. The number of imidazole rings is 1. The number of nitrogens with zero attached hydrogens (tertiary/aromatic N) is 2. The quantitative estimate of drug-likeness (QED) is 0.910. The number of carboxylic acid groups (broad SMARTS) is 1. The number of aromatic nitrogens is 2. The van der Waals surface area contributed by atoms with Crippen molar-refractivity contribution in [3.63, 3.8) is 0 Å². The third kappa shape index (κ3) is 2.58. The van der Waals surface area contributed by atoms with E-state index in [1.165, 1.54) is 0 Å². The van der Waals surface area contributed by atoms with Crippen molar-refractivity contribution in [2.24, 2.45) is 0 Å². The third-order valence-electron chi connectivity index (χ3n) is 2.67. The smallest absolute Gasteiger partial charge is 0.303 e. The van der Waals surface area contributed by atoms with Crippen LogP contribution in [-0.4, -0.2) is 20.6 Å².